The third kappa shape index (κ3) is 2.92. The van der Waals surface area contributed by atoms with Crippen LogP contribution in [0.25, 0.3) is 0 Å². The highest BCUT2D eigenvalue weighted by atomic mass is 16.2. The van der Waals surface area contributed by atoms with Crippen molar-refractivity contribution in [3.63, 3.8) is 0 Å². The third-order valence-corrected chi connectivity index (χ3v) is 3.09. The number of hydrogen-bond acceptors (Lipinski definition) is 3. The normalized spacial score (nSPS) is 24.3. The molecule has 2 unspecified atom stereocenters. The molecule has 0 radical (unpaired) electrons. The Balaban J connectivity index is 2.60. The van der Waals surface area contributed by atoms with E-state index in [1.807, 2.05) is 19.0 Å². The zero-order valence-corrected chi connectivity index (χ0v) is 10.4. The first-order valence-corrected chi connectivity index (χ1v) is 5.62. The monoisotopic (exact) mass is 213 g/mol. The molecular formula is C11H23N3O. The van der Waals surface area contributed by atoms with E-state index in [2.05, 4.69) is 31.0 Å². The molecule has 1 aliphatic rings. The van der Waals surface area contributed by atoms with Gasteiger partial charge in [0, 0.05) is 12.6 Å². The molecular weight excluding hydrogens is 190 g/mol. The minimum Gasteiger partial charge on any atom is -0.324 e. The number of carbonyl (C=O) groups excluding carboxylic acids is 1. The second-order valence-corrected chi connectivity index (χ2v) is 4.93. The highest BCUT2D eigenvalue weighted by Crippen LogP contribution is 2.14. The van der Waals surface area contributed by atoms with Crippen molar-refractivity contribution in [1.29, 1.82) is 0 Å². The second kappa shape index (κ2) is 4.94. The van der Waals surface area contributed by atoms with Crippen molar-refractivity contribution in [2.45, 2.75) is 33.0 Å². The van der Waals surface area contributed by atoms with Gasteiger partial charge in [-0.3, -0.25) is 10.1 Å². The molecule has 15 heavy (non-hydrogen) atoms. The van der Waals surface area contributed by atoms with Crippen LogP contribution in [0.3, 0.4) is 0 Å². The fourth-order valence-corrected chi connectivity index (χ4v) is 1.82. The van der Waals surface area contributed by atoms with E-state index >= 15 is 0 Å². The van der Waals surface area contributed by atoms with Crippen LogP contribution in [0, 0.1) is 5.92 Å². The molecule has 4 nitrogen and oxygen atoms in total. The summed E-state index contributed by atoms with van der Waals surface area (Å²) in [7, 11) is 4.09. The Hall–Kier alpha value is -0.610. The molecule has 1 amide bonds. The molecule has 2 atom stereocenters. The van der Waals surface area contributed by atoms with Crippen LogP contribution < -0.4 is 5.32 Å². The molecule has 1 saturated heterocycles. The van der Waals surface area contributed by atoms with Crippen molar-refractivity contribution in [2.75, 3.05) is 27.2 Å². The minimum atomic E-state index is 0.208. The summed E-state index contributed by atoms with van der Waals surface area (Å²) in [5.74, 6) is 0.688. The number of carbonyl (C=O) groups is 1. The average molecular weight is 213 g/mol. The van der Waals surface area contributed by atoms with Crippen molar-refractivity contribution in [3.05, 3.63) is 0 Å². The standard InChI is InChI=1S/C11H23N3O/c1-8(2)11-12-6-10(15)14(11)7-9(3)13(4)5/h8-9,11-12H,6-7H2,1-5H3. The molecule has 0 saturated carbocycles. The number of likely N-dealkylation sites (N-methyl/N-ethyl adjacent to an activating group) is 1. The summed E-state index contributed by atoms with van der Waals surface area (Å²) in [6.07, 6.45) is 0.208. The van der Waals surface area contributed by atoms with E-state index in [0.717, 1.165) is 6.54 Å². The first-order valence-electron chi connectivity index (χ1n) is 5.62. The van der Waals surface area contributed by atoms with E-state index in [1.165, 1.54) is 0 Å². The van der Waals surface area contributed by atoms with Gasteiger partial charge in [-0.1, -0.05) is 13.8 Å². The van der Waals surface area contributed by atoms with E-state index in [4.69, 9.17) is 0 Å². The van der Waals surface area contributed by atoms with Crippen LogP contribution >= 0.6 is 0 Å². The maximum Gasteiger partial charge on any atom is 0.237 e. The van der Waals surface area contributed by atoms with Crippen LogP contribution in [0.5, 0.6) is 0 Å². The van der Waals surface area contributed by atoms with Gasteiger partial charge in [0.2, 0.25) is 5.91 Å². The Bertz CT molecular complexity index is 228. The SMILES string of the molecule is CC(C)C1NCC(=O)N1CC(C)N(C)C. The van der Waals surface area contributed by atoms with Crippen molar-refractivity contribution in [1.82, 2.24) is 15.1 Å². The summed E-state index contributed by atoms with van der Waals surface area (Å²) in [6, 6.07) is 0.398. The van der Waals surface area contributed by atoms with Gasteiger partial charge >= 0.3 is 0 Å². The van der Waals surface area contributed by atoms with Crippen LogP contribution in [-0.4, -0.2) is 55.1 Å². The van der Waals surface area contributed by atoms with Gasteiger partial charge in [-0.25, -0.2) is 0 Å². The van der Waals surface area contributed by atoms with E-state index in [0.29, 0.717) is 18.5 Å². The zero-order valence-electron chi connectivity index (χ0n) is 10.4. The lowest BCUT2D eigenvalue weighted by Crippen LogP contribution is -2.47. The molecule has 0 aromatic heterocycles. The second-order valence-electron chi connectivity index (χ2n) is 4.93. The smallest absolute Gasteiger partial charge is 0.237 e. The predicted octanol–water partition coefficient (Wildman–Crippen LogP) is 0.350. The number of rotatable bonds is 4. The molecule has 1 heterocycles. The van der Waals surface area contributed by atoms with Crippen LogP contribution in [0.15, 0.2) is 0 Å². The van der Waals surface area contributed by atoms with Gasteiger partial charge < -0.3 is 9.80 Å². The van der Waals surface area contributed by atoms with E-state index in [1.54, 1.807) is 0 Å². The average Bonchev–Trinajstić information content (AvgIpc) is 2.48. The fraction of sp³-hybridized carbons (Fsp3) is 0.909. The Kier molecular flexibility index (Phi) is 4.11. The third-order valence-electron chi connectivity index (χ3n) is 3.09. The summed E-state index contributed by atoms with van der Waals surface area (Å²) in [5.41, 5.74) is 0. The molecule has 0 bridgehead atoms. The molecule has 0 aliphatic carbocycles. The first-order chi connectivity index (χ1) is 6.93. The van der Waals surface area contributed by atoms with Gasteiger partial charge in [-0.15, -0.1) is 0 Å². The van der Waals surface area contributed by atoms with Crippen molar-refractivity contribution in [3.8, 4) is 0 Å². The quantitative estimate of drug-likeness (QED) is 0.732. The van der Waals surface area contributed by atoms with Gasteiger partial charge in [-0.2, -0.15) is 0 Å². The van der Waals surface area contributed by atoms with Gasteiger partial charge in [0.15, 0.2) is 0 Å². The lowest BCUT2D eigenvalue weighted by Gasteiger charge is -2.31. The maximum atomic E-state index is 11.7. The summed E-state index contributed by atoms with van der Waals surface area (Å²) in [5, 5.41) is 3.26. The van der Waals surface area contributed by atoms with Crippen LogP contribution in [0.4, 0.5) is 0 Å². The molecule has 1 fully saturated rings. The number of nitrogens with zero attached hydrogens (tertiary/aromatic N) is 2. The zero-order chi connectivity index (χ0) is 11.6. The van der Waals surface area contributed by atoms with Crippen LogP contribution in [-0.2, 0) is 4.79 Å². The summed E-state index contributed by atoms with van der Waals surface area (Å²) in [4.78, 5) is 15.8. The molecule has 0 aromatic rings. The molecule has 1 N–H and O–H groups in total. The van der Waals surface area contributed by atoms with E-state index in [9.17, 15) is 4.79 Å². The number of amides is 1. The molecule has 0 spiro atoms. The van der Waals surface area contributed by atoms with Gasteiger partial charge in [0.25, 0.3) is 0 Å². The maximum absolute atomic E-state index is 11.7. The lowest BCUT2D eigenvalue weighted by molar-refractivity contribution is -0.129. The van der Waals surface area contributed by atoms with Gasteiger partial charge in [-0.05, 0) is 26.9 Å². The van der Waals surface area contributed by atoms with Gasteiger partial charge in [0.1, 0.15) is 0 Å². The van der Waals surface area contributed by atoms with E-state index in [-0.39, 0.29) is 12.1 Å². The first kappa shape index (κ1) is 12.5. The Morgan fingerprint density at radius 2 is 2.07 bits per heavy atom. The van der Waals surface area contributed by atoms with Crippen molar-refractivity contribution >= 4 is 5.91 Å². The summed E-state index contributed by atoms with van der Waals surface area (Å²) >= 11 is 0. The largest absolute Gasteiger partial charge is 0.324 e. The minimum absolute atomic E-state index is 0.208. The highest BCUT2D eigenvalue weighted by molar-refractivity contribution is 5.80. The fourth-order valence-electron chi connectivity index (χ4n) is 1.82. The summed E-state index contributed by atoms with van der Waals surface area (Å²) < 4.78 is 0. The Morgan fingerprint density at radius 3 is 2.53 bits per heavy atom. The van der Waals surface area contributed by atoms with Crippen molar-refractivity contribution in [2.24, 2.45) is 5.92 Å². The van der Waals surface area contributed by atoms with Gasteiger partial charge in [0.05, 0.1) is 12.7 Å². The Morgan fingerprint density at radius 1 is 1.47 bits per heavy atom. The van der Waals surface area contributed by atoms with Crippen LogP contribution in [0.2, 0.25) is 0 Å². The number of hydrogen-bond donors (Lipinski definition) is 1. The molecule has 0 aromatic carbocycles. The van der Waals surface area contributed by atoms with E-state index < -0.39 is 0 Å². The molecule has 1 rings (SSSR count). The lowest BCUT2D eigenvalue weighted by atomic mass is 10.1. The van der Waals surface area contributed by atoms with Crippen LogP contribution in [0.1, 0.15) is 20.8 Å². The number of nitrogens with one attached hydrogen (secondary N) is 1. The summed E-state index contributed by atoms with van der Waals surface area (Å²) in [6.45, 7) is 7.72. The molecule has 1 aliphatic heterocycles. The molecule has 88 valence electrons. The topological polar surface area (TPSA) is 35.6 Å². The Labute approximate surface area is 92.6 Å². The highest BCUT2D eigenvalue weighted by Gasteiger charge is 2.33. The van der Waals surface area contributed by atoms with Crippen molar-refractivity contribution < 1.29 is 4.79 Å². The predicted molar refractivity (Wildman–Crippen MR) is 61.5 cm³/mol. The molecule has 4 heteroatoms.